The summed E-state index contributed by atoms with van der Waals surface area (Å²) in [6.45, 7) is 1.13. The molecule has 1 fully saturated rings. The normalized spacial score (nSPS) is 21.8. The van der Waals surface area contributed by atoms with Crippen LogP contribution in [0.25, 0.3) is 0 Å². The fourth-order valence-electron chi connectivity index (χ4n) is 1.13. The van der Waals surface area contributed by atoms with Crippen molar-refractivity contribution in [1.82, 2.24) is 0 Å². The molecule has 1 aliphatic rings. The molecule has 0 aromatic rings. The molecule has 0 heterocycles. The zero-order valence-electron chi connectivity index (χ0n) is 6.49. The third-order valence-corrected chi connectivity index (χ3v) is 2.09. The molecule has 1 saturated carbocycles. The van der Waals surface area contributed by atoms with Gasteiger partial charge in [-0.1, -0.05) is 0 Å². The number of alkyl halides is 3. The highest BCUT2D eigenvalue weighted by Gasteiger charge is 2.35. The highest BCUT2D eigenvalue weighted by Crippen LogP contribution is 2.30. The predicted molar refractivity (Wildman–Crippen MR) is 35.0 cm³/mol. The van der Waals surface area contributed by atoms with E-state index in [-0.39, 0.29) is 6.04 Å². The van der Waals surface area contributed by atoms with Crippen molar-refractivity contribution in [3.05, 3.63) is 0 Å². The van der Waals surface area contributed by atoms with Crippen LogP contribution in [0.5, 0.6) is 0 Å². The van der Waals surface area contributed by atoms with Crippen molar-refractivity contribution in [2.45, 2.75) is 32.0 Å². The zero-order valence-corrected chi connectivity index (χ0v) is 6.49. The minimum absolute atomic E-state index is 0.150. The molecule has 0 unspecified atom stereocenters. The van der Waals surface area contributed by atoms with Crippen LogP contribution in [0.2, 0.25) is 0 Å². The SMILES string of the molecule is C[C@@H]([NH2+]CC(F)(F)F)C1CC1. The van der Waals surface area contributed by atoms with Crippen molar-refractivity contribution in [3.63, 3.8) is 0 Å². The van der Waals surface area contributed by atoms with Gasteiger partial charge in [0.1, 0.15) is 0 Å². The maximum atomic E-state index is 11.7. The van der Waals surface area contributed by atoms with Crippen LogP contribution in [0, 0.1) is 5.92 Å². The predicted octanol–water partition coefficient (Wildman–Crippen LogP) is 0.911. The van der Waals surface area contributed by atoms with Crippen LogP contribution >= 0.6 is 0 Å². The first-order chi connectivity index (χ1) is 4.99. The zero-order chi connectivity index (χ0) is 8.48. The van der Waals surface area contributed by atoms with E-state index in [0.29, 0.717) is 5.92 Å². The second-order valence-electron chi connectivity index (χ2n) is 3.25. The number of hydrogen-bond donors (Lipinski definition) is 1. The summed E-state index contributed by atoms with van der Waals surface area (Å²) >= 11 is 0. The van der Waals surface area contributed by atoms with Gasteiger partial charge in [0.25, 0.3) is 0 Å². The van der Waals surface area contributed by atoms with Crippen molar-refractivity contribution in [2.24, 2.45) is 5.92 Å². The van der Waals surface area contributed by atoms with Crippen LogP contribution in [0.3, 0.4) is 0 Å². The molecule has 4 heteroatoms. The molecule has 0 spiro atoms. The monoisotopic (exact) mass is 168 g/mol. The third kappa shape index (κ3) is 3.60. The molecule has 66 valence electrons. The van der Waals surface area contributed by atoms with Crippen LogP contribution < -0.4 is 5.32 Å². The van der Waals surface area contributed by atoms with Crippen molar-refractivity contribution in [3.8, 4) is 0 Å². The van der Waals surface area contributed by atoms with Gasteiger partial charge >= 0.3 is 6.18 Å². The topological polar surface area (TPSA) is 16.6 Å². The van der Waals surface area contributed by atoms with Crippen LogP contribution in [-0.4, -0.2) is 18.8 Å². The number of halogens is 3. The first kappa shape index (κ1) is 8.84. The molecule has 0 amide bonds. The Balaban J connectivity index is 2.10. The van der Waals surface area contributed by atoms with E-state index in [1.165, 1.54) is 5.32 Å². The largest absolute Gasteiger partial charge is 0.438 e. The number of hydrogen-bond acceptors (Lipinski definition) is 0. The lowest BCUT2D eigenvalue weighted by Gasteiger charge is -2.10. The molecular formula is C7H13F3N+. The number of rotatable bonds is 3. The van der Waals surface area contributed by atoms with Crippen molar-refractivity contribution in [2.75, 3.05) is 6.54 Å². The Morgan fingerprint density at radius 3 is 2.36 bits per heavy atom. The number of quaternary nitrogens is 1. The lowest BCUT2D eigenvalue weighted by molar-refractivity contribution is -0.708. The van der Waals surface area contributed by atoms with E-state index >= 15 is 0 Å². The Morgan fingerprint density at radius 2 is 2.00 bits per heavy atom. The van der Waals surface area contributed by atoms with Crippen molar-refractivity contribution in [1.29, 1.82) is 0 Å². The summed E-state index contributed by atoms with van der Waals surface area (Å²) < 4.78 is 35.0. The smallest absolute Gasteiger partial charge is 0.336 e. The molecular weight excluding hydrogens is 155 g/mol. The minimum atomic E-state index is -4.01. The molecule has 0 aromatic heterocycles. The highest BCUT2D eigenvalue weighted by atomic mass is 19.4. The summed E-state index contributed by atoms with van der Waals surface area (Å²) in [5.74, 6) is 0.539. The molecule has 0 aromatic carbocycles. The molecule has 0 aliphatic heterocycles. The molecule has 0 saturated heterocycles. The average Bonchev–Trinajstić information content (AvgIpc) is 2.61. The van der Waals surface area contributed by atoms with Crippen LogP contribution in [0.15, 0.2) is 0 Å². The van der Waals surface area contributed by atoms with Gasteiger partial charge in [-0.3, -0.25) is 0 Å². The van der Waals surface area contributed by atoms with Gasteiger partial charge in [-0.2, -0.15) is 13.2 Å². The van der Waals surface area contributed by atoms with E-state index in [4.69, 9.17) is 0 Å². The van der Waals surface area contributed by atoms with Crippen LogP contribution in [0.4, 0.5) is 13.2 Å². The second-order valence-corrected chi connectivity index (χ2v) is 3.25. The van der Waals surface area contributed by atoms with Crippen molar-refractivity contribution >= 4 is 0 Å². The van der Waals surface area contributed by atoms with E-state index in [9.17, 15) is 13.2 Å². The van der Waals surface area contributed by atoms with E-state index in [2.05, 4.69) is 0 Å². The Morgan fingerprint density at radius 1 is 1.45 bits per heavy atom. The van der Waals surface area contributed by atoms with Gasteiger partial charge in [-0.25, -0.2) is 0 Å². The molecule has 2 N–H and O–H groups in total. The van der Waals surface area contributed by atoms with Gasteiger partial charge in [0.15, 0.2) is 6.54 Å². The van der Waals surface area contributed by atoms with Crippen LogP contribution in [-0.2, 0) is 0 Å². The maximum absolute atomic E-state index is 11.7. The quantitative estimate of drug-likeness (QED) is 0.645. The Labute approximate surface area is 64.0 Å². The van der Waals surface area contributed by atoms with Gasteiger partial charge in [-0.05, 0) is 19.8 Å². The molecule has 1 aliphatic carbocycles. The van der Waals surface area contributed by atoms with Gasteiger partial charge in [-0.15, -0.1) is 0 Å². The summed E-state index contributed by atoms with van der Waals surface area (Å²) in [5, 5.41) is 1.39. The van der Waals surface area contributed by atoms with Gasteiger partial charge in [0.05, 0.1) is 6.04 Å². The lowest BCUT2D eigenvalue weighted by atomic mass is 10.2. The summed E-state index contributed by atoms with van der Waals surface area (Å²) in [4.78, 5) is 0. The first-order valence-electron chi connectivity index (χ1n) is 3.89. The third-order valence-electron chi connectivity index (χ3n) is 2.09. The molecule has 11 heavy (non-hydrogen) atoms. The summed E-state index contributed by atoms with van der Waals surface area (Å²) in [5.41, 5.74) is 0. The first-order valence-corrected chi connectivity index (χ1v) is 3.89. The molecule has 0 radical (unpaired) electrons. The number of nitrogens with two attached hydrogens (primary N) is 1. The Kier molecular flexibility index (Phi) is 2.42. The van der Waals surface area contributed by atoms with Gasteiger partial charge in [0.2, 0.25) is 0 Å². The fraction of sp³-hybridized carbons (Fsp3) is 1.00. The van der Waals surface area contributed by atoms with Gasteiger partial charge < -0.3 is 5.32 Å². The maximum Gasteiger partial charge on any atom is 0.438 e. The summed E-state index contributed by atoms with van der Waals surface area (Å²) in [6.07, 6.45) is -1.80. The average molecular weight is 168 g/mol. The Hall–Kier alpha value is -0.250. The molecule has 1 atom stereocenters. The summed E-state index contributed by atoms with van der Waals surface area (Å²) in [7, 11) is 0. The van der Waals surface area contributed by atoms with Gasteiger partial charge in [0, 0.05) is 5.92 Å². The Bertz CT molecular complexity index is 128. The van der Waals surface area contributed by atoms with E-state index in [0.717, 1.165) is 12.8 Å². The minimum Gasteiger partial charge on any atom is -0.336 e. The second kappa shape index (κ2) is 3.01. The van der Waals surface area contributed by atoms with Crippen LogP contribution in [0.1, 0.15) is 19.8 Å². The van der Waals surface area contributed by atoms with E-state index in [1.807, 2.05) is 6.92 Å². The van der Waals surface area contributed by atoms with Crippen molar-refractivity contribution < 1.29 is 18.5 Å². The summed E-state index contributed by atoms with van der Waals surface area (Å²) in [6, 6.07) is 0.150. The fourth-order valence-corrected chi connectivity index (χ4v) is 1.13. The highest BCUT2D eigenvalue weighted by molar-refractivity contribution is 4.77. The molecule has 1 rings (SSSR count). The standard InChI is InChI=1S/C7H12F3N/c1-5(6-2-3-6)11-4-7(8,9)10/h5-6,11H,2-4H2,1H3/p+1/t5-/m1/s1. The molecule has 0 bridgehead atoms. The van der Waals surface area contributed by atoms with E-state index in [1.54, 1.807) is 0 Å². The molecule has 1 nitrogen and oxygen atoms in total. The van der Waals surface area contributed by atoms with E-state index < -0.39 is 12.7 Å². The lowest BCUT2D eigenvalue weighted by Crippen LogP contribution is -2.92.